The number of benzene rings is 7. The van der Waals surface area contributed by atoms with Crippen molar-refractivity contribution >= 4 is 32.7 Å². The highest BCUT2D eigenvalue weighted by molar-refractivity contribution is 6.06. The predicted octanol–water partition coefficient (Wildman–Crippen LogP) is 12.9. The molecule has 0 aliphatic carbocycles. The lowest BCUT2D eigenvalue weighted by molar-refractivity contribution is 0.669. The molecule has 248 valence electrons. The molecule has 0 atom stereocenters. The third kappa shape index (κ3) is 5.73. The first-order chi connectivity index (χ1) is 26.2. The van der Waals surface area contributed by atoms with Crippen LogP contribution in [-0.2, 0) is 0 Å². The van der Waals surface area contributed by atoms with Gasteiger partial charge in [-0.1, -0.05) is 121 Å². The summed E-state index contributed by atoms with van der Waals surface area (Å²) >= 11 is 0. The Morgan fingerprint density at radius 2 is 1.00 bits per heavy atom. The Morgan fingerprint density at radius 3 is 1.89 bits per heavy atom. The van der Waals surface area contributed by atoms with Crippen LogP contribution in [0.4, 0.5) is 0 Å². The third-order valence-electron chi connectivity index (χ3n) is 9.95. The Bertz CT molecular complexity index is 2940. The summed E-state index contributed by atoms with van der Waals surface area (Å²) in [7, 11) is 0. The summed E-state index contributed by atoms with van der Waals surface area (Å²) in [6.07, 6.45) is 3.68. The van der Waals surface area contributed by atoms with Crippen molar-refractivity contribution in [3.8, 4) is 67.3 Å². The molecule has 0 saturated carbocycles. The molecule has 4 nitrogen and oxygen atoms in total. The summed E-state index contributed by atoms with van der Waals surface area (Å²) in [5, 5.41) is 4.61. The van der Waals surface area contributed by atoms with E-state index >= 15 is 0 Å². The third-order valence-corrected chi connectivity index (χ3v) is 9.95. The van der Waals surface area contributed by atoms with E-state index in [1.807, 2.05) is 30.5 Å². The quantitative estimate of drug-likeness (QED) is 0.176. The van der Waals surface area contributed by atoms with Crippen molar-refractivity contribution < 1.29 is 4.42 Å². The first-order valence-corrected chi connectivity index (χ1v) is 17.7. The maximum atomic E-state index is 6.20. The second-order valence-electron chi connectivity index (χ2n) is 13.3. The largest absolute Gasteiger partial charge is 0.456 e. The standard InChI is InChI=1S/C49H31N3O/c1-2-12-33(13-3-1)45-30-46(52-49(51-45)36-16-8-15-34(25-36)37-17-10-24-50-31-37)40-27-38(26-39(28-40)42-20-9-14-32-11-4-5-18-41(32)42)35-22-23-48-44(29-35)43-19-6-7-21-47(43)53-48/h1-31H. The zero-order valence-electron chi connectivity index (χ0n) is 28.6. The first-order valence-electron chi connectivity index (χ1n) is 17.7. The maximum absolute atomic E-state index is 6.20. The van der Waals surface area contributed by atoms with Gasteiger partial charge in [-0.2, -0.15) is 0 Å². The molecule has 0 radical (unpaired) electrons. The number of pyridine rings is 1. The van der Waals surface area contributed by atoms with E-state index in [4.69, 9.17) is 14.4 Å². The summed E-state index contributed by atoms with van der Waals surface area (Å²) in [6.45, 7) is 0. The van der Waals surface area contributed by atoms with Crippen LogP contribution in [0.15, 0.2) is 193 Å². The number of hydrogen-bond donors (Lipinski definition) is 0. The minimum atomic E-state index is 0.662. The topological polar surface area (TPSA) is 51.8 Å². The van der Waals surface area contributed by atoms with Gasteiger partial charge < -0.3 is 4.42 Å². The van der Waals surface area contributed by atoms with Crippen molar-refractivity contribution in [3.63, 3.8) is 0 Å². The lowest BCUT2D eigenvalue weighted by Crippen LogP contribution is -1.97. The fraction of sp³-hybridized carbons (Fsp3) is 0. The lowest BCUT2D eigenvalue weighted by Gasteiger charge is -2.14. The number of fused-ring (bicyclic) bond motifs is 4. The van der Waals surface area contributed by atoms with Gasteiger partial charge in [0.05, 0.1) is 11.4 Å². The molecule has 53 heavy (non-hydrogen) atoms. The molecule has 0 aliphatic rings. The van der Waals surface area contributed by atoms with E-state index in [1.54, 1.807) is 6.20 Å². The first kappa shape index (κ1) is 30.6. The van der Waals surface area contributed by atoms with E-state index in [9.17, 15) is 0 Å². The Hall–Kier alpha value is -7.17. The molecular weight excluding hydrogens is 647 g/mol. The summed E-state index contributed by atoms with van der Waals surface area (Å²) in [6, 6.07) is 61.5. The van der Waals surface area contributed by atoms with Crippen LogP contribution in [-0.4, -0.2) is 15.0 Å². The second kappa shape index (κ2) is 12.9. The van der Waals surface area contributed by atoms with Gasteiger partial charge in [0.2, 0.25) is 0 Å². The zero-order chi connectivity index (χ0) is 35.1. The van der Waals surface area contributed by atoms with Crippen molar-refractivity contribution in [1.82, 2.24) is 15.0 Å². The van der Waals surface area contributed by atoms with Crippen LogP contribution in [0, 0.1) is 0 Å². The molecule has 0 bridgehead atoms. The Kier molecular flexibility index (Phi) is 7.43. The minimum Gasteiger partial charge on any atom is -0.456 e. The Balaban J connectivity index is 1.20. The number of nitrogens with zero attached hydrogens (tertiary/aromatic N) is 3. The highest BCUT2D eigenvalue weighted by Gasteiger charge is 2.16. The molecule has 0 spiro atoms. The van der Waals surface area contributed by atoms with Gasteiger partial charge in [-0.25, -0.2) is 9.97 Å². The highest BCUT2D eigenvalue weighted by Crippen LogP contribution is 2.39. The van der Waals surface area contributed by atoms with Gasteiger partial charge in [-0.3, -0.25) is 4.98 Å². The number of hydrogen-bond acceptors (Lipinski definition) is 4. The van der Waals surface area contributed by atoms with Crippen LogP contribution in [0.3, 0.4) is 0 Å². The molecule has 3 aromatic heterocycles. The molecule has 7 aromatic carbocycles. The average Bonchev–Trinajstić information content (AvgIpc) is 3.62. The molecule has 10 rings (SSSR count). The predicted molar refractivity (Wildman–Crippen MR) is 217 cm³/mol. The summed E-state index contributed by atoms with van der Waals surface area (Å²) < 4.78 is 6.20. The molecule has 0 fully saturated rings. The van der Waals surface area contributed by atoms with Crippen LogP contribution < -0.4 is 0 Å². The van der Waals surface area contributed by atoms with Crippen molar-refractivity contribution in [2.45, 2.75) is 0 Å². The Labute approximate surface area is 306 Å². The molecule has 10 aromatic rings. The van der Waals surface area contributed by atoms with E-state index in [-0.39, 0.29) is 0 Å². The van der Waals surface area contributed by atoms with Gasteiger partial charge in [0.25, 0.3) is 0 Å². The van der Waals surface area contributed by atoms with Gasteiger partial charge >= 0.3 is 0 Å². The van der Waals surface area contributed by atoms with Gasteiger partial charge in [-0.15, -0.1) is 0 Å². The molecule has 0 amide bonds. The van der Waals surface area contributed by atoms with Crippen molar-refractivity contribution in [1.29, 1.82) is 0 Å². The average molecular weight is 678 g/mol. The molecule has 0 saturated heterocycles. The molecule has 3 heterocycles. The van der Waals surface area contributed by atoms with E-state index in [1.165, 1.54) is 16.3 Å². The van der Waals surface area contributed by atoms with E-state index in [0.29, 0.717) is 5.82 Å². The number of para-hydroxylation sites is 1. The van der Waals surface area contributed by atoms with Crippen LogP contribution in [0.25, 0.3) is 100.0 Å². The van der Waals surface area contributed by atoms with E-state index < -0.39 is 0 Å². The smallest absolute Gasteiger partial charge is 0.160 e. The fourth-order valence-corrected chi connectivity index (χ4v) is 7.33. The van der Waals surface area contributed by atoms with Gasteiger partial charge in [0.15, 0.2) is 5.82 Å². The molecule has 4 heteroatoms. The lowest BCUT2D eigenvalue weighted by atomic mass is 9.91. The van der Waals surface area contributed by atoms with Crippen molar-refractivity contribution in [2.24, 2.45) is 0 Å². The second-order valence-corrected chi connectivity index (χ2v) is 13.3. The zero-order valence-corrected chi connectivity index (χ0v) is 28.6. The summed E-state index contributed by atoms with van der Waals surface area (Å²) in [5.74, 6) is 0.662. The Morgan fingerprint density at radius 1 is 0.358 bits per heavy atom. The molecule has 0 unspecified atom stereocenters. The van der Waals surface area contributed by atoms with Crippen LogP contribution in [0.5, 0.6) is 0 Å². The summed E-state index contributed by atoms with van der Waals surface area (Å²) in [4.78, 5) is 14.8. The van der Waals surface area contributed by atoms with Crippen molar-refractivity contribution in [3.05, 3.63) is 188 Å². The molecule has 0 N–H and O–H groups in total. The number of rotatable bonds is 6. The van der Waals surface area contributed by atoms with Crippen LogP contribution in [0.2, 0.25) is 0 Å². The SMILES string of the molecule is c1ccc(-c2cc(-c3cc(-c4ccc5oc6ccccc6c5c4)cc(-c4cccc5ccccc45)c3)nc(-c3cccc(-c4cccnc4)c3)n2)cc1. The van der Waals surface area contributed by atoms with E-state index in [0.717, 1.165) is 77.8 Å². The monoisotopic (exact) mass is 677 g/mol. The summed E-state index contributed by atoms with van der Waals surface area (Å²) in [5.41, 5.74) is 13.0. The van der Waals surface area contributed by atoms with Gasteiger partial charge in [0.1, 0.15) is 11.2 Å². The maximum Gasteiger partial charge on any atom is 0.160 e. The van der Waals surface area contributed by atoms with Gasteiger partial charge in [-0.05, 0) is 93.2 Å². The minimum absolute atomic E-state index is 0.662. The number of aromatic nitrogens is 3. The highest BCUT2D eigenvalue weighted by atomic mass is 16.3. The molecular formula is C49H31N3O. The molecule has 0 aliphatic heterocycles. The normalized spacial score (nSPS) is 11.4. The number of furan rings is 1. The van der Waals surface area contributed by atoms with E-state index in [2.05, 4.69) is 157 Å². The van der Waals surface area contributed by atoms with Crippen LogP contribution in [0.1, 0.15) is 0 Å². The fourth-order valence-electron chi connectivity index (χ4n) is 7.33. The van der Waals surface area contributed by atoms with Crippen molar-refractivity contribution in [2.75, 3.05) is 0 Å². The van der Waals surface area contributed by atoms with Gasteiger partial charge in [0, 0.05) is 45.4 Å². The van der Waals surface area contributed by atoms with Crippen LogP contribution >= 0.6 is 0 Å².